The van der Waals surface area contributed by atoms with Crippen LogP contribution in [0.4, 0.5) is 0 Å². The Balaban J connectivity index is 1.23. The van der Waals surface area contributed by atoms with Crippen molar-refractivity contribution in [3.8, 4) is 28.2 Å². The summed E-state index contributed by atoms with van der Waals surface area (Å²) in [6.45, 7) is 0. The van der Waals surface area contributed by atoms with E-state index in [4.69, 9.17) is 4.98 Å². The molecule has 0 unspecified atom stereocenters. The second-order valence-electron chi connectivity index (χ2n) is 10.3. The number of thioether (sulfide) groups is 1. The van der Waals surface area contributed by atoms with Crippen LogP contribution in [-0.4, -0.2) is 21.2 Å². The van der Waals surface area contributed by atoms with Crippen LogP contribution >= 0.6 is 11.8 Å². The Morgan fingerprint density at radius 2 is 1.14 bits per heavy atom. The highest BCUT2D eigenvalue weighted by Crippen LogP contribution is 2.38. The van der Waals surface area contributed by atoms with Gasteiger partial charge in [-0.05, 0) is 29.7 Å². The zero-order valence-corrected chi connectivity index (χ0v) is 24.7. The number of aromatic nitrogens is 2. The van der Waals surface area contributed by atoms with Crippen molar-refractivity contribution in [2.45, 2.75) is 24.0 Å². The molecule has 6 aromatic rings. The lowest BCUT2D eigenvalue weighted by molar-refractivity contribution is -0.121. The normalized spacial score (nSPS) is 11.0. The molecule has 0 spiro atoms. The summed E-state index contributed by atoms with van der Waals surface area (Å²) in [7, 11) is 0. The van der Waals surface area contributed by atoms with Crippen molar-refractivity contribution >= 4 is 17.7 Å². The van der Waals surface area contributed by atoms with E-state index >= 15 is 0 Å². The van der Waals surface area contributed by atoms with E-state index in [0.29, 0.717) is 6.42 Å². The van der Waals surface area contributed by atoms with E-state index < -0.39 is 0 Å². The summed E-state index contributed by atoms with van der Waals surface area (Å²) < 4.78 is 2.25. The first-order valence-corrected chi connectivity index (χ1v) is 15.6. The minimum Gasteiger partial charge on any atom is -0.345 e. The van der Waals surface area contributed by atoms with Crippen LogP contribution in [0, 0.1) is 0 Å². The summed E-state index contributed by atoms with van der Waals surface area (Å²) in [4.78, 5) is 18.4. The van der Waals surface area contributed by atoms with E-state index in [1.165, 1.54) is 0 Å². The van der Waals surface area contributed by atoms with Gasteiger partial charge in [0.25, 0.3) is 0 Å². The van der Waals surface area contributed by atoms with Gasteiger partial charge in [-0.1, -0.05) is 151 Å². The van der Waals surface area contributed by atoms with Crippen molar-refractivity contribution < 1.29 is 4.79 Å². The third-order valence-corrected chi connectivity index (χ3v) is 8.33. The molecule has 0 fully saturated rings. The fourth-order valence-electron chi connectivity index (χ4n) is 5.25. The molecule has 0 bridgehead atoms. The number of nitrogens with one attached hydrogen (secondary N) is 1. The number of hydrogen-bond acceptors (Lipinski definition) is 3. The molecule has 1 aromatic heterocycles. The van der Waals surface area contributed by atoms with Gasteiger partial charge in [0.2, 0.25) is 5.91 Å². The number of rotatable bonds is 11. The van der Waals surface area contributed by atoms with Crippen LogP contribution in [0.15, 0.2) is 157 Å². The third kappa shape index (κ3) is 6.79. The molecule has 0 aliphatic heterocycles. The van der Waals surface area contributed by atoms with Gasteiger partial charge in [-0.15, -0.1) is 0 Å². The Kier molecular flexibility index (Phi) is 9.11. The monoisotopic (exact) mass is 579 g/mol. The molecule has 0 aliphatic rings. The minimum absolute atomic E-state index is 0.0413. The van der Waals surface area contributed by atoms with E-state index in [-0.39, 0.29) is 11.9 Å². The minimum atomic E-state index is -0.179. The number of imidazole rings is 1. The molecule has 0 atom stereocenters. The Bertz CT molecular complexity index is 1700. The quantitative estimate of drug-likeness (QED) is 0.123. The highest BCUT2D eigenvalue weighted by molar-refractivity contribution is 7.99. The van der Waals surface area contributed by atoms with Gasteiger partial charge in [0, 0.05) is 29.0 Å². The van der Waals surface area contributed by atoms with Crippen molar-refractivity contribution in [3.05, 3.63) is 163 Å². The van der Waals surface area contributed by atoms with E-state index in [2.05, 4.69) is 107 Å². The number of amides is 1. The first-order chi connectivity index (χ1) is 21.3. The second kappa shape index (κ2) is 13.9. The summed E-state index contributed by atoms with van der Waals surface area (Å²) in [5, 5.41) is 4.19. The molecule has 0 radical (unpaired) electrons. The Labute approximate surface area is 257 Å². The van der Waals surface area contributed by atoms with Crippen molar-refractivity contribution in [2.75, 3.05) is 5.75 Å². The van der Waals surface area contributed by atoms with Crippen molar-refractivity contribution in [3.63, 3.8) is 0 Å². The largest absolute Gasteiger partial charge is 0.345 e. The van der Waals surface area contributed by atoms with Crippen LogP contribution in [0.1, 0.15) is 30.0 Å². The maximum absolute atomic E-state index is 13.2. The molecule has 1 N–H and O–H groups in total. The average molecular weight is 580 g/mol. The third-order valence-electron chi connectivity index (χ3n) is 7.31. The zero-order valence-electron chi connectivity index (χ0n) is 23.8. The van der Waals surface area contributed by atoms with Gasteiger partial charge in [0.1, 0.15) is 0 Å². The molecule has 6 rings (SSSR count). The van der Waals surface area contributed by atoms with E-state index in [1.807, 2.05) is 54.6 Å². The lowest BCUT2D eigenvalue weighted by Gasteiger charge is -2.20. The lowest BCUT2D eigenvalue weighted by atomic mass is 9.98. The van der Waals surface area contributed by atoms with Gasteiger partial charge in [-0.2, -0.15) is 0 Å². The Morgan fingerprint density at radius 1 is 0.651 bits per heavy atom. The van der Waals surface area contributed by atoms with Crippen LogP contribution in [0.5, 0.6) is 0 Å². The predicted octanol–water partition coefficient (Wildman–Crippen LogP) is 8.98. The molecule has 0 saturated heterocycles. The Hall–Kier alpha value is -4.87. The van der Waals surface area contributed by atoms with Crippen LogP contribution in [0.2, 0.25) is 0 Å². The second-order valence-corrected chi connectivity index (χ2v) is 11.3. The van der Waals surface area contributed by atoms with Crippen LogP contribution < -0.4 is 5.32 Å². The summed E-state index contributed by atoms with van der Waals surface area (Å²) in [5.41, 5.74) is 7.40. The number of carbonyl (C=O) groups excluding carboxylic acids is 1. The van der Waals surface area contributed by atoms with Crippen molar-refractivity contribution in [1.29, 1.82) is 0 Å². The highest BCUT2D eigenvalue weighted by atomic mass is 32.2. The first kappa shape index (κ1) is 28.3. The van der Waals surface area contributed by atoms with Gasteiger partial charge in [0.05, 0.1) is 17.4 Å². The number of benzene rings is 5. The molecular weight excluding hydrogens is 547 g/mol. The van der Waals surface area contributed by atoms with Crippen molar-refractivity contribution in [1.82, 2.24) is 14.9 Å². The van der Waals surface area contributed by atoms with Crippen LogP contribution in [0.25, 0.3) is 28.2 Å². The summed E-state index contributed by atoms with van der Waals surface area (Å²) in [6.07, 6.45) is 1.17. The molecule has 1 amide bonds. The predicted molar refractivity (Wildman–Crippen MR) is 177 cm³/mol. The molecule has 43 heavy (non-hydrogen) atoms. The summed E-state index contributed by atoms with van der Waals surface area (Å²) in [5.74, 6) is 0.806. The van der Waals surface area contributed by atoms with Gasteiger partial charge in [-0.3, -0.25) is 9.36 Å². The van der Waals surface area contributed by atoms with Crippen LogP contribution in [0.3, 0.4) is 0 Å². The van der Waals surface area contributed by atoms with Crippen molar-refractivity contribution in [2.24, 2.45) is 0 Å². The van der Waals surface area contributed by atoms with E-state index in [1.54, 1.807) is 11.8 Å². The van der Waals surface area contributed by atoms with Gasteiger partial charge < -0.3 is 5.32 Å². The molecule has 4 nitrogen and oxygen atoms in total. The smallest absolute Gasteiger partial charge is 0.220 e. The zero-order chi connectivity index (χ0) is 29.3. The number of hydrogen-bond donors (Lipinski definition) is 1. The van der Waals surface area contributed by atoms with Crippen LogP contribution in [-0.2, 0) is 4.79 Å². The first-order valence-electron chi connectivity index (χ1n) is 14.6. The maximum atomic E-state index is 13.2. The molecule has 0 aliphatic carbocycles. The maximum Gasteiger partial charge on any atom is 0.220 e. The number of nitrogens with zero attached hydrogens (tertiary/aromatic N) is 2. The van der Waals surface area contributed by atoms with Gasteiger partial charge in [0.15, 0.2) is 5.16 Å². The van der Waals surface area contributed by atoms with Gasteiger partial charge >= 0.3 is 0 Å². The number of carbonyl (C=O) groups is 1. The van der Waals surface area contributed by atoms with E-state index in [9.17, 15) is 4.79 Å². The Morgan fingerprint density at radius 3 is 1.70 bits per heavy atom. The fourth-order valence-corrected chi connectivity index (χ4v) is 6.21. The molecule has 1 heterocycles. The topological polar surface area (TPSA) is 46.9 Å². The SMILES string of the molecule is O=C(CCCSc1nc(-c2ccccc2)c(-c2ccccc2)n1-c1ccccc1)NC(c1ccccc1)c1ccccc1. The fraction of sp³-hybridized carbons (Fsp3) is 0.105. The molecule has 5 aromatic carbocycles. The summed E-state index contributed by atoms with van der Waals surface area (Å²) in [6, 6.07) is 51.3. The molecule has 5 heteroatoms. The number of para-hydroxylation sites is 1. The molecule has 0 saturated carbocycles. The highest BCUT2D eigenvalue weighted by Gasteiger charge is 2.22. The molecular formula is C38H33N3OS. The average Bonchev–Trinajstić information content (AvgIpc) is 3.47. The van der Waals surface area contributed by atoms with E-state index in [0.717, 1.165) is 56.7 Å². The van der Waals surface area contributed by atoms with Gasteiger partial charge in [-0.25, -0.2) is 4.98 Å². The standard InChI is InChI=1S/C38H33N3OS/c42-34(39-35(29-17-6-1-7-18-29)30-19-8-2-9-20-30)27-16-28-43-38-40-36(31-21-10-3-11-22-31)37(32-23-12-4-13-24-32)41(38)33-25-14-5-15-26-33/h1-15,17-26,35H,16,27-28H2,(H,39,42). The summed E-state index contributed by atoms with van der Waals surface area (Å²) >= 11 is 1.69. The lowest BCUT2D eigenvalue weighted by Crippen LogP contribution is -2.29. The molecule has 212 valence electrons.